The van der Waals surface area contributed by atoms with Crippen LogP contribution < -0.4 is 19.7 Å². The Labute approximate surface area is 220 Å². The molecule has 38 heavy (non-hydrogen) atoms. The van der Waals surface area contributed by atoms with E-state index in [4.69, 9.17) is 9.47 Å². The van der Waals surface area contributed by atoms with Crippen molar-refractivity contribution in [2.45, 2.75) is 20.0 Å². The van der Waals surface area contributed by atoms with Gasteiger partial charge in [0.15, 0.2) is 0 Å². The van der Waals surface area contributed by atoms with Crippen LogP contribution in [-0.4, -0.2) is 24.5 Å². The molecule has 1 N–H and O–H groups in total. The smallest absolute Gasteiger partial charge is 0.335 e. The Bertz CT molecular complexity index is 1540. The maximum Gasteiger partial charge on any atom is 0.335 e. The van der Waals surface area contributed by atoms with Gasteiger partial charge in [-0.15, -0.1) is 0 Å². The first-order valence-corrected chi connectivity index (χ1v) is 12.4. The fourth-order valence-corrected chi connectivity index (χ4v) is 4.26. The number of hydrogen-bond acceptors (Lipinski definition) is 5. The van der Waals surface area contributed by atoms with E-state index in [0.29, 0.717) is 36.0 Å². The molecule has 1 aliphatic rings. The number of barbiturate groups is 1. The van der Waals surface area contributed by atoms with E-state index in [1.807, 2.05) is 55.5 Å². The summed E-state index contributed by atoms with van der Waals surface area (Å²) in [5.41, 5.74) is 1.72. The van der Waals surface area contributed by atoms with E-state index in [1.54, 1.807) is 42.5 Å². The maximum atomic E-state index is 13.3. The molecule has 4 aromatic rings. The number of benzene rings is 4. The van der Waals surface area contributed by atoms with Crippen LogP contribution in [0.2, 0.25) is 0 Å². The topological polar surface area (TPSA) is 84.9 Å². The zero-order valence-corrected chi connectivity index (χ0v) is 20.8. The molecule has 0 atom stereocenters. The minimum atomic E-state index is -0.806. The first kappa shape index (κ1) is 24.8. The minimum absolute atomic E-state index is 0.169. The van der Waals surface area contributed by atoms with Crippen molar-refractivity contribution in [3.05, 3.63) is 108 Å². The molecule has 7 heteroatoms. The lowest BCUT2D eigenvalue weighted by molar-refractivity contribution is -0.122. The van der Waals surface area contributed by atoms with Gasteiger partial charge < -0.3 is 9.47 Å². The van der Waals surface area contributed by atoms with Crippen LogP contribution in [0.25, 0.3) is 16.8 Å². The highest BCUT2D eigenvalue weighted by Crippen LogP contribution is 2.28. The predicted octanol–water partition coefficient (Wildman–Crippen LogP) is 5.87. The predicted molar refractivity (Wildman–Crippen MR) is 146 cm³/mol. The Morgan fingerprint density at radius 2 is 1.55 bits per heavy atom. The van der Waals surface area contributed by atoms with Crippen molar-refractivity contribution >= 4 is 40.4 Å². The van der Waals surface area contributed by atoms with Gasteiger partial charge in [0.2, 0.25) is 0 Å². The Morgan fingerprint density at radius 1 is 0.816 bits per heavy atom. The summed E-state index contributed by atoms with van der Waals surface area (Å²) in [5.74, 6) is -0.341. The second-order valence-corrected chi connectivity index (χ2v) is 8.76. The van der Waals surface area contributed by atoms with Gasteiger partial charge in [0, 0.05) is 5.56 Å². The summed E-state index contributed by atoms with van der Waals surface area (Å²) in [6.07, 6.45) is 2.31. The van der Waals surface area contributed by atoms with Crippen LogP contribution in [-0.2, 0) is 16.2 Å². The third-order valence-corrected chi connectivity index (χ3v) is 6.15. The lowest BCUT2D eigenvalue weighted by Gasteiger charge is -2.26. The standard InChI is InChI=1S/C31H26N2O5/c1-2-18-37-25-16-14-24(15-17-25)33-30(35)27(29(34)32-31(33)36)19-22-9-4-6-13-28(22)38-20-23-11-7-10-21-8-3-5-12-26(21)23/h3-17,19H,2,18,20H2,1H3,(H,32,34,36)/b27-19-. The van der Waals surface area contributed by atoms with Crippen molar-refractivity contribution < 1.29 is 23.9 Å². The number of nitrogens with zero attached hydrogens (tertiary/aromatic N) is 1. The van der Waals surface area contributed by atoms with E-state index >= 15 is 0 Å². The van der Waals surface area contributed by atoms with E-state index in [1.165, 1.54) is 6.08 Å². The second-order valence-electron chi connectivity index (χ2n) is 8.76. The van der Waals surface area contributed by atoms with E-state index in [2.05, 4.69) is 5.32 Å². The van der Waals surface area contributed by atoms with Crippen LogP contribution >= 0.6 is 0 Å². The molecule has 4 amide bonds. The van der Waals surface area contributed by atoms with Gasteiger partial charge in [-0.3, -0.25) is 14.9 Å². The Morgan fingerprint density at radius 3 is 2.37 bits per heavy atom. The molecule has 1 heterocycles. The van der Waals surface area contributed by atoms with Gasteiger partial charge in [-0.2, -0.15) is 0 Å². The summed E-state index contributed by atoms with van der Waals surface area (Å²) in [7, 11) is 0. The van der Waals surface area contributed by atoms with Crippen LogP contribution in [0, 0.1) is 0 Å². The molecule has 0 saturated carbocycles. The Hall–Kier alpha value is -4.91. The fourth-order valence-electron chi connectivity index (χ4n) is 4.26. The van der Waals surface area contributed by atoms with Gasteiger partial charge in [-0.1, -0.05) is 67.6 Å². The van der Waals surface area contributed by atoms with Crippen molar-refractivity contribution in [2.24, 2.45) is 0 Å². The average molecular weight is 507 g/mol. The lowest BCUT2D eigenvalue weighted by Crippen LogP contribution is -2.54. The number of urea groups is 1. The number of ether oxygens (including phenoxy) is 2. The number of anilines is 1. The number of carbonyl (C=O) groups excluding carboxylic acids is 3. The lowest BCUT2D eigenvalue weighted by atomic mass is 10.0. The molecule has 7 nitrogen and oxygen atoms in total. The molecule has 0 aromatic heterocycles. The van der Waals surface area contributed by atoms with Gasteiger partial charge >= 0.3 is 6.03 Å². The quantitative estimate of drug-likeness (QED) is 0.239. The summed E-state index contributed by atoms with van der Waals surface area (Å²) in [4.78, 5) is 39.6. The van der Waals surface area contributed by atoms with Crippen molar-refractivity contribution in [1.82, 2.24) is 5.32 Å². The largest absolute Gasteiger partial charge is 0.494 e. The number of hydrogen-bond donors (Lipinski definition) is 1. The average Bonchev–Trinajstić information content (AvgIpc) is 2.94. The van der Waals surface area contributed by atoms with Crippen LogP contribution in [0.4, 0.5) is 10.5 Å². The first-order chi connectivity index (χ1) is 18.5. The monoisotopic (exact) mass is 506 g/mol. The summed E-state index contributed by atoms with van der Waals surface area (Å²) >= 11 is 0. The highest BCUT2D eigenvalue weighted by Gasteiger charge is 2.37. The number of para-hydroxylation sites is 1. The van der Waals surface area contributed by atoms with Crippen LogP contribution in [0.5, 0.6) is 11.5 Å². The summed E-state index contributed by atoms with van der Waals surface area (Å²) in [5, 5.41) is 4.47. The van der Waals surface area contributed by atoms with Gasteiger partial charge in [0.05, 0.1) is 12.3 Å². The number of carbonyl (C=O) groups is 3. The SMILES string of the molecule is CCCOc1ccc(N2C(=O)NC(=O)/C(=C/c3ccccc3OCc3cccc4ccccc34)C2=O)cc1. The number of amides is 4. The number of imide groups is 2. The zero-order chi connectivity index (χ0) is 26.5. The van der Waals surface area contributed by atoms with Crippen molar-refractivity contribution in [2.75, 3.05) is 11.5 Å². The molecule has 190 valence electrons. The Kier molecular flexibility index (Phi) is 7.17. The van der Waals surface area contributed by atoms with Gasteiger partial charge in [0.1, 0.15) is 23.7 Å². The molecular formula is C31H26N2O5. The van der Waals surface area contributed by atoms with E-state index in [9.17, 15) is 14.4 Å². The number of nitrogens with one attached hydrogen (secondary N) is 1. The molecule has 0 spiro atoms. The second kappa shape index (κ2) is 11.0. The van der Waals surface area contributed by atoms with Gasteiger partial charge in [-0.05, 0) is 59.2 Å². The summed E-state index contributed by atoms with van der Waals surface area (Å²) in [6, 6.07) is 27.0. The summed E-state index contributed by atoms with van der Waals surface area (Å²) in [6.45, 7) is 2.87. The normalized spacial score (nSPS) is 14.6. The van der Waals surface area contributed by atoms with Crippen molar-refractivity contribution in [3.8, 4) is 11.5 Å². The Balaban J connectivity index is 1.41. The molecule has 4 aromatic carbocycles. The molecule has 0 unspecified atom stereocenters. The highest BCUT2D eigenvalue weighted by atomic mass is 16.5. The zero-order valence-electron chi connectivity index (χ0n) is 20.8. The molecule has 1 aliphatic heterocycles. The molecule has 0 bridgehead atoms. The van der Waals surface area contributed by atoms with Crippen molar-refractivity contribution in [3.63, 3.8) is 0 Å². The number of fused-ring (bicyclic) bond motifs is 1. The molecular weight excluding hydrogens is 480 g/mol. The van der Waals surface area contributed by atoms with Crippen LogP contribution in [0.1, 0.15) is 24.5 Å². The molecule has 0 aliphatic carbocycles. The fraction of sp³-hybridized carbons (Fsp3) is 0.129. The van der Waals surface area contributed by atoms with Gasteiger partial charge in [-0.25, -0.2) is 9.69 Å². The van der Waals surface area contributed by atoms with E-state index < -0.39 is 17.8 Å². The van der Waals surface area contributed by atoms with E-state index in [-0.39, 0.29) is 5.57 Å². The molecule has 0 radical (unpaired) electrons. The number of rotatable bonds is 8. The molecule has 5 rings (SSSR count). The van der Waals surface area contributed by atoms with Crippen LogP contribution in [0.15, 0.2) is 96.6 Å². The molecule has 1 saturated heterocycles. The maximum absolute atomic E-state index is 13.3. The highest BCUT2D eigenvalue weighted by molar-refractivity contribution is 6.39. The summed E-state index contributed by atoms with van der Waals surface area (Å²) < 4.78 is 11.7. The van der Waals surface area contributed by atoms with Crippen LogP contribution in [0.3, 0.4) is 0 Å². The minimum Gasteiger partial charge on any atom is -0.494 e. The first-order valence-electron chi connectivity index (χ1n) is 12.4. The third kappa shape index (κ3) is 5.13. The van der Waals surface area contributed by atoms with Gasteiger partial charge in [0.25, 0.3) is 11.8 Å². The van der Waals surface area contributed by atoms with Crippen molar-refractivity contribution in [1.29, 1.82) is 0 Å². The van der Waals surface area contributed by atoms with E-state index in [0.717, 1.165) is 27.7 Å². The third-order valence-electron chi connectivity index (χ3n) is 6.15. The molecule has 1 fully saturated rings.